The maximum absolute atomic E-state index is 13.7. The molecule has 3 unspecified atom stereocenters. The minimum atomic E-state index is -0.674. The molecule has 0 bridgehead atoms. The zero-order valence-electron chi connectivity index (χ0n) is 11.4. The summed E-state index contributed by atoms with van der Waals surface area (Å²) in [4.78, 5) is 11.2. The molecule has 0 aromatic heterocycles. The zero-order valence-corrected chi connectivity index (χ0v) is 11.4. The summed E-state index contributed by atoms with van der Waals surface area (Å²) in [5.74, 6) is -0.788. The normalized spacial score (nSPS) is 28.6. The number of aliphatic carboxylic acids is 1. The van der Waals surface area contributed by atoms with Gasteiger partial charge in [0, 0.05) is 6.04 Å². The van der Waals surface area contributed by atoms with Gasteiger partial charge < -0.3 is 10.4 Å². The number of fused-ring (bicyclic) bond motifs is 1. The number of benzene rings is 1. The van der Waals surface area contributed by atoms with Crippen molar-refractivity contribution in [2.75, 3.05) is 6.54 Å². The molecule has 108 valence electrons. The van der Waals surface area contributed by atoms with E-state index in [1.807, 2.05) is 6.07 Å². The molecule has 3 atom stereocenters. The second kappa shape index (κ2) is 5.52. The second-order valence-electron chi connectivity index (χ2n) is 5.94. The Morgan fingerprint density at radius 1 is 1.35 bits per heavy atom. The highest BCUT2D eigenvalue weighted by Crippen LogP contribution is 2.35. The van der Waals surface area contributed by atoms with Crippen LogP contribution in [0.15, 0.2) is 18.2 Å². The van der Waals surface area contributed by atoms with Crippen molar-refractivity contribution in [2.24, 2.45) is 11.8 Å². The van der Waals surface area contributed by atoms with Gasteiger partial charge in [-0.15, -0.1) is 0 Å². The van der Waals surface area contributed by atoms with E-state index in [4.69, 9.17) is 0 Å². The Bertz CT molecular complexity index is 517. The first-order valence-corrected chi connectivity index (χ1v) is 7.40. The molecule has 1 aromatic rings. The molecule has 2 aliphatic rings. The van der Waals surface area contributed by atoms with E-state index < -0.39 is 5.97 Å². The van der Waals surface area contributed by atoms with Gasteiger partial charge in [0.15, 0.2) is 0 Å². The van der Waals surface area contributed by atoms with Gasteiger partial charge in [-0.1, -0.05) is 18.6 Å². The van der Waals surface area contributed by atoms with Gasteiger partial charge in [0.05, 0.1) is 5.92 Å². The average molecular weight is 277 g/mol. The molecular formula is C16H20FNO2. The van der Waals surface area contributed by atoms with Crippen LogP contribution in [-0.2, 0) is 11.2 Å². The van der Waals surface area contributed by atoms with Crippen LogP contribution in [0.5, 0.6) is 0 Å². The fourth-order valence-electron chi connectivity index (χ4n) is 3.72. The maximum Gasteiger partial charge on any atom is 0.306 e. The highest BCUT2D eigenvalue weighted by Gasteiger charge is 2.33. The molecule has 0 saturated heterocycles. The summed E-state index contributed by atoms with van der Waals surface area (Å²) >= 11 is 0. The highest BCUT2D eigenvalue weighted by molar-refractivity contribution is 5.70. The SMILES string of the molecule is O=C(O)C1CCCC1CNC1CCc2c(F)cccc21. The fraction of sp³-hybridized carbons (Fsp3) is 0.562. The molecule has 1 fully saturated rings. The summed E-state index contributed by atoms with van der Waals surface area (Å²) in [5, 5.41) is 12.7. The van der Waals surface area contributed by atoms with Crippen LogP contribution in [0.4, 0.5) is 4.39 Å². The number of carboxylic acids is 1. The molecule has 0 radical (unpaired) electrons. The van der Waals surface area contributed by atoms with Crippen LogP contribution in [-0.4, -0.2) is 17.6 Å². The Kier molecular flexibility index (Phi) is 3.74. The Labute approximate surface area is 118 Å². The van der Waals surface area contributed by atoms with E-state index in [2.05, 4.69) is 5.32 Å². The predicted octanol–water partition coefficient (Wildman–Crippen LogP) is 2.90. The topological polar surface area (TPSA) is 49.3 Å². The summed E-state index contributed by atoms with van der Waals surface area (Å²) < 4.78 is 13.7. The van der Waals surface area contributed by atoms with Crippen molar-refractivity contribution in [3.63, 3.8) is 0 Å². The largest absolute Gasteiger partial charge is 0.481 e. The first-order valence-electron chi connectivity index (χ1n) is 7.40. The van der Waals surface area contributed by atoms with E-state index in [0.717, 1.165) is 49.8 Å². The van der Waals surface area contributed by atoms with Gasteiger partial charge in [0.2, 0.25) is 0 Å². The van der Waals surface area contributed by atoms with Crippen molar-refractivity contribution >= 4 is 5.97 Å². The molecule has 0 amide bonds. The number of hydrogen-bond donors (Lipinski definition) is 2. The van der Waals surface area contributed by atoms with E-state index in [-0.39, 0.29) is 23.7 Å². The van der Waals surface area contributed by atoms with Crippen molar-refractivity contribution in [2.45, 2.75) is 38.1 Å². The van der Waals surface area contributed by atoms with Crippen LogP contribution < -0.4 is 5.32 Å². The third-order valence-corrected chi connectivity index (χ3v) is 4.82. The lowest BCUT2D eigenvalue weighted by Gasteiger charge is -2.20. The summed E-state index contributed by atoms with van der Waals surface area (Å²) in [6.07, 6.45) is 4.44. The Morgan fingerprint density at radius 2 is 2.20 bits per heavy atom. The van der Waals surface area contributed by atoms with Gasteiger partial charge in [0.1, 0.15) is 5.82 Å². The molecule has 0 spiro atoms. The van der Waals surface area contributed by atoms with Gasteiger partial charge in [-0.25, -0.2) is 4.39 Å². The smallest absolute Gasteiger partial charge is 0.306 e. The Morgan fingerprint density at radius 3 is 3.00 bits per heavy atom. The second-order valence-corrected chi connectivity index (χ2v) is 5.94. The standard InChI is InChI=1S/C16H20FNO2/c17-14-6-2-5-13-12(14)7-8-15(13)18-9-10-3-1-4-11(10)16(19)20/h2,5-6,10-11,15,18H,1,3-4,7-9H2,(H,19,20). The van der Waals surface area contributed by atoms with Crippen molar-refractivity contribution in [1.82, 2.24) is 5.32 Å². The molecule has 2 aliphatic carbocycles. The monoisotopic (exact) mass is 277 g/mol. The van der Waals surface area contributed by atoms with Crippen molar-refractivity contribution < 1.29 is 14.3 Å². The van der Waals surface area contributed by atoms with Gasteiger partial charge in [0.25, 0.3) is 0 Å². The lowest BCUT2D eigenvalue weighted by Crippen LogP contribution is -2.30. The summed E-state index contributed by atoms with van der Waals surface area (Å²) in [5.41, 5.74) is 1.88. The van der Waals surface area contributed by atoms with Gasteiger partial charge in [-0.2, -0.15) is 0 Å². The number of carboxylic acid groups (broad SMARTS) is 1. The molecule has 0 aliphatic heterocycles. The van der Waals surface area contributed by atoms with Crippen LogP contribution in [0.2, 0.25) is 0 Å². The number of rotatable bonds is 4. The molecule has 3 rings (SSSR count). The van der Waals surface area contributed by atoms with Crippen molar-refractivity contribution in [3.05, 3.63) is 35.1 Å². The predicted molar refractivity (Wildman–Crippen MR) is 73.9 cm³/mol. The lowest BCUT2D eigenvalue weighted by atomic mass is 9.95. The van der Waals surface area contributed by atoms with Crippen LogP contribution in [0, 0.1) is 17.7 Å². The third-order valence-electron chi connectivity index (χ3n) is 4.82. The number of hydrogen-bond acceptors (Lipinski definition) is 2. The minimum absolute atomic E-state index is 0.115. The minimum Gasteiger partial charge on any atom is -0.481 e. The molecule has 3 nitrogen and oxygen atoms in total. The molecule has 2 N–H and O–H groups in total. The summed E-state index contributed by atoms with van der Waals surface area (Å²) in [6, 6.07) is 5.42. The van der Waals surface area contributed by atoms with E-state index >= 15 is 0 Å². The number of nitrogens with one attached hydrogen (secondary N) is 1. The van der Waals surface area contributed by atoms with Crippen LogP contribution in [0.3, 0.4) is 0 Å². The van der Waals surface area contributed by atoms with E-state index in [1.54, 1.807) is 6.07 Å². The molecular weight excluding hydrogens is 257 g/mol. The first kappa shape index (κ1) is 13.6. The van der Waals surface area contributed by atoms with E-state index in [9.17, 15) is 14.3 Å². The van der Waals surface area contributed by atoms with Gasteiger partial charge in [-0.05, 0) is 55.3 Å². The molecule has 1 saturated carbocycles. The maximum atomic E-state index is 13.7. The van der Waals surface area contributed by atoms with Crippen molar-refractivity contribution in [1.29, 1.82) is 0 Å². The summed E-state index contributed by atoms with van der Waals surface area (Å²) in [6.45, 7) is 0.720. The number of carbonyl (C=O) groups is 1. The average Bonchev–Trinajstić information content (AvgIpc) is 3.03. The van der Waals surface area contributed by atoms with Crippen LogP contribution >= 0.6 is 0 Å². The number of halogens is 1. The molecule has 0 heterocycles. The molecule has 20 heavy (non-hydrogen) atoms. The van der Waals surface area contributed by atoms with E-state index in [0.29, 0.717) is 0 Å². The summed E-state index contributed by atoms with van der Waals surface area (Å²) in [7, 11) is 0. The molecule has 4 heteroatoms. The van der Waals surface area contributed by atoms with E-state index in [1.165, 1.54) is 6.07 Å². The quantitative estimate of drug-likeness (QED) is 0.889. The first-order chi connectivity index (χ1) is 9.66. The lowest BCUT2D eigenvalue weighted by molar-refractivity contribution is -0.142. The zero-order chi connectivity index (χ0) is 14.1. The van der Waals surface area contributed by atoms with Crippen molar-refractivity contribution in [3.8, 4) is 0 Å². The fourth-order valence-corrected chi connectivity index (χ4v) is 3.72. The Balaban J connectivity index is 1.64. The highest BCUT2D eigenvalue weighted by atomic mass is 19.1. The molecule has 1 aromatic carbocycles. The van der Waals surface area contributed by atoms with Crippen LogP contribution in [0.25, 0.3) is 0 Å². The third kappa shape index (κ3) is 2.44. The van der Waals surface area contributed by atoms with Gasteiger partial charge in [-0.3, -0.25) is 4.79 Å². The Hall–Kier alpha value is -1.42. The van der Waals surface area contributed by atoms with Crippen LogP contribution in [0.1, 0.15) is 42.9 Å². The van der Waals surface area contributed by atoms with Gasteiger partial charge >= 0.3 is 5.97 Å².